The monoisotopic (exact) mass is 387 g/mol. The molecule has 2 heterocycles. The summed E-state index contributed by atoms with van der Waals surface area (Å²) >= 11 is 0. The minimum atomic E-state index is -0.189. The molecule has 0 radical (unpaired) electrons. The molecule has 1 amide bonds. The molecule has 1 N–H and O–H groups in total. The number of hydrogen-bond donors (Lipinski definition) is 1. The lowest BCUT2D eigenvalue weighted by molar-refractivity contribution is 0.0946. The molecule has 0 fully saturated rings. The van der Waals surface area contributed by atoms with Gasteiger partial charge in [0, 0.05) is 30.1 Å². The molecule has 0 aliphatic rings. The van der Waals surface area contributed by atoms with E-state index in [2.05, 4.69) is 25.0 Å². The van der Waals surface area contributed by atoms with Gasteiger partial charge in [-0.05, 0) is 37.1 Å². The van der Waals surface area contributed by atoms with E-state index in [-0.39, 0.29) is 12.5 Å². The summed E-state index contributed by atoms with van der Waals surface area (Å²) in [6.07, 6.45) is 3.71. The highest BCUT2D eigenvalue weighted by Gasteiger charge is 2.12. The van der Waals surface area contributed by atoms with Crippen LogP contribution in [0.2, 0.25) is 0 Å². The number of amides is 1. The first-order valence-electron chi connectivity index (χ1n) is 9.33. The number of hydrogen-bond acceptors (Lipinski definition) is 5. The summed E-state index contributed by atoms with van der Waals surface area (Å²) in [5, 5.41) is 6.83. The lowest BCUT2D eigenvalue weighted by Gasteiger charge is -2.07. The van der Waals surface area contributed by atoms with Crippen LogP contribution < -0.4 is 5.32 Å². The van der Waals surface area contributed by atoms with Gasteiger partial charge in [-0.15, -0.1) is 0 Å². The third kappa shape index (κ3) is 4.24. The number of benzene rings is 2. The second-order valence-corrected chi connectivity index (χ2v) is 6.81. The van der Waals surface area contributed by atoms with Gasteiger partial charge in [0.05, 0.1) is 6.54 Å². The normalized spacial score (nSPS) is 10.8. The van der Waals surface area contributed by atoms with Crippen molar-refractivity contribution >= 4 is 5.91 Å². The molecule has 4 rings (SSSR count). The Labute approximate surface area is 168 Å². The lowest BCUT2D eigenvalue weighted by Crippen LogP contribution is -2.22. The van der Waals surface area contributed by atoms with Gasteiger partial charge in [-0.2, -0.15) is 4.98 Å². The zero-order valence-corrected chi connectivity index (χ0v) is 16.3. The van der Waals surface area contributed by atoms with Crippen LogP contribution in [0.3, 0.4) is 0 Å². The summed E-state index contributed by atoms with van der Waals surface area (Å²) in [6.45, 7) is 4.85. The van der Waals surface area contributed by atoms with E-state index in [1.165, 1.54) is 0 Å². The summed E-state index contributed by atoms with van der Waals surface area (Å²) in [5.41, 5.74) is 3.66. The molecular formula is C22H21N5O2. The van der Waals surface area contributed by atoms with E-state index in [1.807, 2.05) is 68.6 Å². The van der Waals surface area contributed by atoms with E-state index < -0.39 is 0 Å². The summed E-state index contributed by atoms with van der Waals surface area (Å²) < 4.78 is 7.32. The average Bonchev–Trinajstić information content (AvgIpc) is 3.36. The highest BCUT2D eigenvalue weighted by atomic mass is 16.5. The van der Waals surface area contributed by atoms with E-state index in [0.29, 0.717) is 17.3 Å². The maximum atomic E-state index is 12.4. The fourth-order valence-electron chi connectivity index (χ4n) is 3.05. The molecule has 0 aliphatic carbocycles. The van der Waals surface area contributed by atoms with Gasteiger partial charge in [-0.25, -0.2) is 4.98 Å². The van der Waals surface area contributed by atoms with Gasteiger partial charge in [0.15, 0.2) is 0 Å². The van der Waals surface area contributed by atoms with Crippen molar-refractivity contribution in [2.75, 3.05) is 0 Å². The zero-order valence-electron chi connectivity index (χ0n) is 16.3. The molecule has 0 saturated heterocycles. The van der Waals surface area contributed by atoms with Crippen LogP contribution in [0, 0.1) is 13.8 Å². The Bertz CT molecular complexity index is 1130. The molecule has 4 aromatic rings. The van der Waals surface area contributed by atoms with Crippen molar-refractivity contribution in [3.8, 4) is 11.4 Å². The largest absolute Gasteiger partial charge is 0.343 e. The van der Waals surface area contributed by atoms with Crippen molar-refractivity contribution in [3.63, 3.8) is 0 Å². The van der Waals surface area contributed by atoms with E-state index in [0.717, 1.165) is 29.1 Å². The number of nitrogens with zero attached hydrogens (tertiary/aromatic N) is 4. The molecule has 29 heavy (non-hydrogen) atoms. The van der Waals surface area contributed by atoms with Crippen LogP contribution in [-0.4, -0.2) is 25.6 Å². The van der Waals surface area contributed by atoms with Crippen LogP contribution in [0.4, 0.5) is 0 Å². The Morgan fingerprint density at radius 1 is 1.10 bits per heavy atom. The molecule has 0 aliphatic heterocycles. The van der Waals surface area contributed by atoms with Crippen LogP contribution in [0.15, 0.2) is 65.4 Å². The Hall–Kier alpha value is -3.74. The molecule has 0 bridgehead atoms. The molecule has 146 valence electrons. The topological polar surface area (TPSA) is 85.8 Å². The number of aryl methyl sites for hydroxylation is 2. The molecule has 0 atom stereocenters. The fourth-order valence-corrected chi connectivity index (χ4v) is 3.05. The van der Waals surface area contributed by atoms with Crippen LogP contribution in [-0.2, 0) is 13.1 Å². The van der Waals surface area contributed by atoms with Crippen LogP contribution in [0.1, 0.15) is 33.2 Å². The third-order valence-corrected chi connectivity index (χ3v) is 4.75. The van der Waals surface area contributed by atoms with Gasteiger partial charge in [0.25, 0.3) is 5.91 Å². The van der Waals surface area contributed by atoms with E-state index in [1.54, 1.807) is 6.20 Å². The van der Waals surface area contributed by atoms with Crippen LogP contribution in [0.25, 0.3) is 11.4 Å². The van der Waals surface area contributed by atoms with Gasteiger partial charge in [0.1, 0.15) is 5.82 Å². The van der Waals surface area contributed by atoms with E-state index in [4.69, 9.17) is 4.52 Å². The van der Waals surface area contributed by atoms with Crippen molar-refractivity contribution in [2.45, 2.75) is 26.9 Å². The van der Waals surface area contributed by atoms with Crippen molar-refractivity contribution in [1.29, 1.82) is 0 Å². The molecule has 2 aromatic heterocycles. The van der Waals surface area contributed by atoms with Crippen LogP contribution in [0.5, 0.6) is 0 Å². The van der Waals surface area contributed by atoms with Crippen molar-refractivity contribution in [3.05, 3.63) is 89.3 Å². The smallest absolute Gasteiger partial charge is 0.251 e. The Kier molecular flexibility index (Phi) is 5.20. The third-order valence-electron chi connectivity index (χ3n) is 4.75. The minimum Gasteiger partial charge on any atom is -0.343 e. The van der Waals surface area contributed by atoms with Gasteiger partial charge in [0.2, 0.25) is 11.7 Å². The number of aromatic nitrogens is 4. The van der Waals surface area contributed by atoms with Gasteiger partial charge < -0.3 is 14.4 Å². The number of rotatable bonds is 6. The number of imidazole rings is 1. The maximum Gasteiger partial charge on any atom is 0.251 e. The molecule has 2 aromatic carbocycles. The Morgan fingerprint density at radius 2 is 1.90 bits per heavy atom. The SMILES string of the molecule is Cc1ccccc1-c1noc(CNC(=O)c2ccc(Cn3ccnc3C)cc2)n1. The van der Waals surface area contributed by atoms with Crippen molar-refractivity contribution in [1.82, 2.24) is 25.0 Å². The summed E-state index contributed by atoms with van der Waals surface area (Å²) in [5.74, 6) is 1.65. The maximum absolute atomic E-state index is 12.4. The van der Waals surface area contributed by atoms with E-state index in [9.17, 15) is 4.79 Å². The minimum absolute atomic E-state index is 0.174. The standard InChI is InChI=1S/C22H21N5O2/c1-15-5-3-4-6-19(15)21-25-20(29-26-21)13-24-22(28)18-9-7-17(8-10-18)14-27-12-11-23-16(27)2/h3-12H,13-14H2,1-2H3,(H,24,28). The summed E-state index contributed by atoms with van der Waals surface area (Å²) in [4.78, 5) is 21.0. The van der Waals surface area contributed by atoms with Gasteiger partial charge in [-0.1, -0.05) is 41.6 Å². The number of carbonyl (C=O) groups excluding carboxylic acids is 1. The molecule has 7 nitrogen and oxygen atoms in total. The molecule has 0 spiro atoms. The second kappa shape index (κ2) is 8.10. The summed E-state index contributed by atoms with van der Waals surface area (Å²) in [6, 6.07) is 15.3. The highest BCUT2D eigenvalue weighted by Crippen LogP contribution is 2.19. The fraction of sp³-hybridized carbons (Fsp3) is 0.182. The second-order valence-electron chi connectivity index (χ2n) is 6.81. The first-order valence-corrected chi connectivity index (χ1v) is 9.33. The summed E-state index contributed by atoms with van der Waals surface area (Å²) in [7, 11) is 0. The quantitative estimate of drug-likeness (QED) is 0.547. The first-order chi connectivity index (χ1) is 14.1. The van der Waals surface area contributed by atoms with Crippen molar-refractivity contribution < 1.29 is 9.32 Å². The number of carbonyl (C=O) groups is 1. The predicted octanol–water partition coefficient (Wildman–Crippen LogP) is 3.53. The molecule has 7 heteroatoms. The van der Waals surface area contributed by atoms with Gasteiger partial charge >= 0.3 is 0 Å². The highest BCUT2D eigenvalue weighted by molar-refractivity contribution is 5.94. The predicted molar refractivity (Wildman–Crippen MR) is 108 cm³/mol. The lowest BCUT2D eigenvalue weighted by atomic mass is 10.1. The van der Waals surface area contributed by atoms with Crippen molar-refractivity contribution in [2.24, 2.45) is 0 Å². The zero-order chi connectivity index (χ0) is 20.2. The van der Waals surface area contributed by atoms with Crippen LogP contribution >= 0.6 is 0 Å². The number of nitrogens with one attached hydrogen (secondary N) is 1. The average molecular weight is 387 g/mol. The first kappa shape index (κ1) is 18.6. The van der Waals surface area contributed by atoms with Gasteiger partial charge in [-0.3, -0.25) is 4.79 Å². The molecule has 0 unspecified atom stereocenters. The van der Waals surface area contributed by atoms with E-state index >= 15 is 0 Å². The molecule has 0 saturated carbocycles. The molecular weight excluding hydrogens is 366 g/mol. The Balaban J connectivity index is 1.36. The Morgan fingerprint density at radius 3 is 2.62 bits per heavy atom.